The smallest absolute Gasteiger partial charge is 0.325 e. The monoisotopic (exact) mass is 393 g/mol. The van der Waals surface area contributed by atoms with E-state index in [1.807, 2.05) is 42.5 Å². The highest BCUT2D eigenvalue weighted by Gasteiger charge is 2.11. The van der Waals surface area contributed by atoms with Crippen molar-refractivity contribution in [2.45, 2.75) is 6.61 Å². The summed E-state index contributed by atoms with van der Waals surface area (Å²) < 4.78 is 23.5. The van der Waals surface area contributed by atoms with Crippen molar-refractivity contribution in [2.24, 2.45) is 0 Å². The lowest BCUT2D eigenvalue weighted by atomic mass is 10.0. The van der Waals surface area contributed by atoms with Crippen molar-refractivity contribution in [2.75, 3.05) is 13.7 Å². The summed E-state index contributed by atoms with van der Waals surface area (Å²) in [5.74, 6) is -1.05. The normalized spacial score (nSPS) is 10.3. The number of hydrogen-bond acceptors (Lipinski definition) is 4. The molecule has 5 nitrogen and oxygen atoms in total. The molecule has 0 fully saturated rings. The molecule has 0 saturated heterocycles. The van der Waals surface area contributed by atoms with Gasteiger partial charge < -0.3 is 14.8 Å². The van der Waals surface area contributed by atoms with Crippen LogP contribution in [-0.2, 0) is 16.1 Å². The second-order valence-corrected chi connectivity index (χ2v) is 6.24. The van der Waals surface area contributed by atoms with Gasteiger partial charge in [-0.05, 0) is 41.5 Å². The van der Waals surface area contributed by atoms with Gasteiger partial charge in [0.2, 0.25) is 0 Å². The zero-order valence-electron chi connectivity index (χ0n) is 15.9. The maximum Gasteiger partial charge on any atom is 0.325 e. The number of rotatable bonds is 7. The Morgan fingerprint density at radius 3 is 2.31 bits per heavy atom. The summed E-state index contributed by atoms with van der Waals surface area (Å²) >= 11 is 0. The number of nitrogens with one attached hydrogen (secondary N) is 1. The van der Waals surface area contributed by atoms with E-state index in [1.165, 1.54) is 25.3 Å². The number of esters is 1. The summed E-state index contributed by atoms with van der Waals surface area (Å²) in [7, 11) is 1.45. The van der Waals surface area contributed by atoms with Crippen LogP contribution < -0.4 is 10.1 Å². The number of amides is 1. The molecule has 1 amide bonds. The van der Waals surface area contributed by atoms with Crippen LogP contribution in [0.4, 0.5) is 4.39 Å². The molecule has 0 aliphatic carbocycles. The largest absolute Gasteiger partial charge is 0.496 e. The topological polar surface area (TPSA) is 64.6 Å². The second kappa shape index (κ2) is 9.50. The average molecular weight is 393 g/mol. The molecule has 0 heterocycles. The molecule has 148 valence electrons. The Morgan fingerprint density at radius 1 is 0.931 bits per heavy atom. The lowest BCUT2D eigenvalue weighted by Crippen LogP contribution is -2.30. The quantitative estimate of drug-likeness (QED) is 0.617. The van der Waals surface area contributed by atoms with E-state index in [0.29, 0.717) is 16.9 Å². The highest BCUT2D eigenvalue weighted by Crippen LogP contribution is 2.20. The number of carbonyl (C=O) groups is 2. The van der Waals surface area contributed by atoms with Gasteiger partial charge in [0.05, 0.1) is 7.11 Å². The minimum Gasteiger partial charge on any atom is -0.496 e. The van der Waals surface area contributed by atoms with Gasteiger partial charge in [0, 0.05) is 11.1 Å². The van der Waals surface area contributed by atoms with Gasteiger partial charge >= 0.3 is 5.97 Å². The molecule has 0 radical (unpaired) electrons. The number of halogens is 1. The molecule has 3 aromatic carbocycles. The van der Waals surface area contributed by atoms with E-state index in [0.717, 1.165) is 11.1 Å². The predicted molar refractivity (Wildman–Crippen MR) is 107 cm³/mol. The van der Waals surface area contributed by atoms with Crippen molar-refractivity contribution >= 4 is 11.9 Å². The van der Waals surface area contributed by atoms with Gasteiger partial charge in [-0.1, -0.05) is 42.5 Å². The minimum absolute atomic E-state index is 0.151. The highest BCUT2D eigenvalue weighted by atomic mass is 19.1. The van der Waals surface area contributed by atoms with Crippen LogP contribution in [-0.4, -0.2) is 25.5 Å². The van der Waals surface area contributed by atoms with Crippen LogP contribution in [0.2, 0.25) is 0 Å². The summed E-state index contributed by atoms with van der Waals surface area (Å²) in [5, 5.41) is 2.52. The number of benzene rings is 3. The molecule has 1 N–H and O–H groups in total. The van der Waals surface area contributed by atoms with E-state index in [1.54, 1.807) is 12.1 Å². The molecule has 0 spiro atoms. The lowest BCUT2D eigenvalue weighted by molar-refractivity contribution is -0.143. The molecule has 0 unspecified atom stereocenters. The number of ether oxygens (including phenoxy) is 2. The van der Waals surface area contributed by atoms with Crippen molar-refractivity contribution in [3.63, 3.8) is 0 Å². The molecule has 0 atom stereocenters. The molecule has 0 aliphatic rings. The molecule has 0 aromatic heterocycles. The molecule has 29 heavy (non-hydrogen) atoms. The molecular formula is C23H20FNO4. The van der Waals surface area contributed by atoms with Crippen molar-refractivity contribution < 1.29 is 23.5 Å². The predicted octanol–water partition coefficient (Wildman–Crippen LogP) is 3.97. The van der Waals surface area contributed by atoms with Gasteiger partial charge in [-0.3, -0.25) is 9.59 Å². The van der Waals surface area contributed by atoms with Crippen LogP contribution in [0, 0.1) is 5.82 Å². The third-order valence-corrected chi connectivity index (χ3v) is 4.28. The molecule has 3 rings (SSSR count). The van der Waals surface area contributed by atoms with Gasteiger partial charge in [0.25, 0.3) is 5.91 Å². The molecule has 0 bridgehead atoms. The standard InChI is InChI=1S/C23H20FNO4/c1-28-21-12-11-20(24)13-19(21)15-29-22(26)14-25-23(27)18-9-7-17(8-10-18)16-5-3-2-4-6-16/h2-13H,14-15H2,1H3,(H,25,27). The van der Waals surface area contributed by atoms with Crippen LogP contribution in [0.5, 0.6) is 5.75 Å². The Morgan fingerprint density at radius 2 is 1.62 bits per heavy atom. The fourth-order valence-electron chi connectivity index (χ4n) is 2.77. The molecule has 0 aliphatic heterocycles. The van der Waals surface area contributed by atoms with E-state index >= 15 is 0 Å². The molecule has 6 heteroatoms. The third-order valence-electron chi connectivity index (χ3n) is 4.28. The molecular weight excluding hydrogens is 373 g/mol. The summed E-state index contributed by atoms with van der Waals surface area (Å²) in [6, 6.07) is 20.8. The van der Waals surface area contributed by atoms with E-state index in [-0.39, 0.29) is 19.1 Å². The third kappa shape index (κ3) is 5.42. The first-order valence-corrected chi connectivity index (χ1v) is 8.98. The fraction of sp³-hybridized carbons (Fsp3) is 0.130. The average Bonchev–Trinajstić information content (AvgIpc) is 2.77. The van der Waals surface area contributed by atoms with Gasteiger partial charge in [0.15, 0.2) is 0 Å². The van der Waals surface area contributed by atoms with Gasteiger partial charge in [0.1, 0.15) is 24.7 Å². The first-order chi connectivity index (χ1) is 14.1. The summed E-state index contributed by atoms with van der Waals surface area (Å²) in [5.41, 5.74) is 2.88. The fourth-order valence-corrected chi connectivity index (χ4v) is 2.77. The van der Waals surface area contributed by atoms with E-state index in [4.69, 9.17) is 9.47 Å². The number of methoxy groups -OCH3 is 1. The van der Waals surface area contributed by atoms with Gasteiger partial charge in [-0.25, -0.2) is 4.39 Å². The van der Waals surface area contributed by atoms with Crippen LogP contribution in [0.25, 0.3) is 11.1 Å². The first kappa shape index (κ1) is 20.1. The molecule has 0 saturated carbocycles. The van der Waals surface area contributed by atoms with Crippen molar-refractivity contribution in [1.82, 2.24) is 5.32 Å². The lowest BCUT2D eigenvalue weighted by Gasteiger charge is -2.10. The van der Waals surface area contributed by atoms with Gasteiger partial charge in [-0.15, -0.1) is 0 Å². The Hall–Kier alpha value is -3.67. The Labute approximate surface area is 168 Å². The van der Waals surface area contributed by atoms with Crippen molar-refractivity contribution in [3.05, 3.63) is 89.7 Å². The number of hydrogen-bond donors (Lipinski definition) is 1. The zero-order chi connectivity index (χ0) is 20.6. The SMILES string of the molecule is COc1ccc(F)cc1COC(=O)CNC(=O)c1ccc(-c2ccccc2)cc1. The first-order valence-electron chi connectivity index (χ1n) is 8.98. The van der Waals surface area contributed by atoms with E-state index in [9.17, 15) is 14.0 Å². The van der Waals surface area contributed by atoms with Gasteiger partial charge in [-0.2, -0.15) is 0 Å². The Balaban J connectivity index is 1.51. The number of carbonyl (C=O) groups excluding carboxylic acids is 2. The van der Waals surface area contributed by atoms with Crippen LogP contribution in [0.3, 0.4) is 0 Å². The Bertz CT molecular complexity index is 988. The summed E-state index contributed by atoms with van der Waals surface area (Å²) in [4.78, 5) is 24.1. The maximum absolute atomic E-state index is 13.3. The Kier molecular flexibility index (Phi) is 6.58. The van der Waals surface area contributed by atoms with Crippen molar-refractivity contribution in [1.29, 1.82) is 0 Å². The minimum atomic E-state index is -0.634. The highest BCUT2D eigenvalue weighted by molar-refractivity contribution is 5.96. The summed E-state index contributed by atoms with van der Waals surface area (Å²) in [6.07, 6.45) is 0. The maximum atomic E-state index is 13.3. The van der Waals surface area contributed by atoms with Crippen LogP contribution >= 0.6 is 0 Å². The zero-order valence-corrected chi connectivity index (χ0v) is 15.9. The second-order valence-electron chi connectivity index (χ2n) is 6.24. The van der Waals surface area contributed by atoms with Crippen LogP contribution in [0.15, 0.2) is 72.8 Å². The van der Waals surface area contributed by atoms with E-state index < -0.39 is 11.8 Å². The van der Waals surface area contributed by atoms with Crippen molar-refractivity contribution in [3.8, 4) is 16.9 Å². The summed E-state index contributed by atoms with van der Waals surface area (Å²) in [6.45, 7) is -0.446. The molecule has 3 aromatic rings. The van der Waals surface area contributed by atoms with Crippen LogP contribution in [0.1, 0.15) is 15.9 Å². The van der Waals surface area contributed by atoms with E-state index in [2.05, 4.69) is 5.32 Å².